The van der Waals surface area contributed by atoms with Crippen molar-refractivity contribution < 1.29 is 4.39 Å². The van der Waals surface area contributed by atoms with E-state index in [0.29, 0.717) is 16.8 Å². The SMILES string of the molecule is CC1(C)CCCN1c1nccc(-c2ccccc2F)c1N. The standard InChI is InChI=1S/C17H20FN3/c1-17(2)9-5-11-21(17)16-15(19)13(8-10-20-16)12-6-3-4-7-14(12)18/h3-4,6-8,10H,5,9,11,19H2,1-2H3. The summed E-state index contributed by atoms with van der Waals surface area (Å²) in [5, 5.41) is 0. The lowest BCUT2D eigenvalue weighted by atomic mass is 10.0. The van der Waals surface area contributed by atoms with Crippen molar-refractivity contribution in [3.63, 3.8) is 0 Å². The molecule has 0 radical (unpaired) electrons. The Balaban J connectivity index is 2.10. The molecule has 0 unspecified atom stereocenters. The van der Waals surface area contributed by atoms with E-state index in [1.165, 1.54) is 6.07 Å². The first-order valence-electron chi connectivity index (χ1n) is 7.28. The van der Waals surface area contributed by atoms with E-state index >= 15 is 0 Å². The maximum atomic E-state index is 14.0. The molecule has 21 heavy (non-hydrogen) atoms. The molecule has 110 valence electrons. The topological polar surface area (TPSA) is 42.2 Å². The zero-order valence-corrected chi connectivity index (χ0v) is 12.4. The number of nitrogens with zero attached hydrogens (tertiary/aromatic N) is 2. The lowest BCUT2D eigenvalue weighted by molar-refractivity contribution is 0.515. The van der Waals surface area contributed by atoms with Crippen LogP contribution >= 0.6 is 0 Å². The second kappa shape index (κ2) is 5.02. The van der Waals surface area contributed by atoms with Gasteiger partial charge in [-0.15, -0.1) is 0 Å². The van der Waals surface area contributed by atoms with Gasteiger partial charge < -0.3 is 10.6 Å². The summed E-state index contributed by atoms with van der Waals surface area (Å²) in [5.41, 5.74) is 8.14. The number of hydrogen-bond donors (Lipinski definition) is 1. The molecule has 1 saturated heterocycles. The van der Waals surface area contributed by atoms with Crippen molar-refractivity contribution >= 4 is 11.5 Å². The molecule has 1 aliphatic rings. The van der Waals surface area contributed by atoms with Crippen molar-refractivity contribution in [2.24, 2.45) is 0 Å². The first kappa shape index (κ1) is 13.9. The number of pyridine rings is 1. The Bertz CT molecular complexity index is 667. The highest BCUT2D eigenvalue weighted by atomic mass is 19.1. The Morgan fingerprint density at radius 2 is 1.95 bits per heavy atom. The summed E-state index contributed by atoms with van der Waals surface area (Å²) in [6.07, 6.45) is 3.94. The summed E-state index contributed by atoms with van der Waals surface area (Å²) in [5.74, 6) is 0.500. The van der Waals surface area contributed by atoms with Gasteiger partial charge in [0.15, 0.2) is 5.82 Å². The van der Waals surface area contributed by atoms with E-state index in [9.17, 15) is 4.39 Å². The second-order valence-electron chi connectivity index (χ2n) is 6.14. The smallest absolute Gasteiger partial charge is 0.152 e. The third kappa shape index (κ3) is 2.35. The third-order valence-electron chi connectivity index (χ3n) is 4.29. The molecular weight excluding hydrogens is 265 g/mol. The van der Waals surface area contributed by atoms with Crippen LogP contribution in [-0.2, 0) is 0 Å². The first-order chi connectivity index (χ1) is 10.0. The normalized spacial score (nSPS) is 17.2. The molecule has 0 spiro atoms. The number of rotatable bonds is 2. The van der Waals surface area contributed by atoms with Crippen LogP contribution in [0.5, 0.6) is 0 Å². The third-order valence-corrected chi connectivity index (χ3v) is 4.29. The molecule has 1 aromatic heterocycles. The van der Waals surface area contributed by atoms with E-state index in [-0.39, 0.29) is 11.4 Å². The second-order valence-corrected chi connectivity index (χ2v) is 6.14. The summed E-state index contributed by atoms with van der Waals surface area (Å²) in [4.78, 5) is 6.68. The fourth-order valence-electron chi connectivity index (χ4n) is 3.09. The molecule has 0 atom stereocenters. The minimum Gasteiger partial charge on any atom is -0.395 e. The molecule has 2 heterocycles. The van der Waals surface area contributed by atoms with E-state index in [0.717, 1.165) is 25.2 Å². The van der Waals surface area contributed by atoms with E-state index in [2.05, 4.69) is 23.7 Å². The number of halogens is 1. The largest absolute Gasteiger partial charge is 0.395 e. The summed E-state index contributed by atoms with van der Waals surface area (Å²) in [6, 6.07) is 8.48. The molecule has 2 N–H and O–H groups in total. The van der Waals surface area contributed by atoms with Crippen LogP contribution in [-0.4, -0.2) is 17.1 Å². The quantitative estimate of drug-likeness (QED) is 0.911. The highest BCUT2D eigenvalue weighted by molar-refractivity contribution is 5.84. The predicted molar refractivity (Wildman–Crippen MR) is 84.7 cm³/mol. The summed E-state index contributed by atoms with van der Waals surface area (Å²) >= 11 is 0. The lowest BCUT2D eigenvalue weighted by Crippen LogP contribution is -2.39. The molecule has 0 amide bonds. The summed E-state index contributed by atoms with van der Waals surface area (Å²) in [6.45, 7) is 5.32. The molecule has 4 heteroatoms. The highest BCUT2D eigenvalue weighted by Gasteiger charge is 2.34. The first-order valence-corrected chi connectivity index (χ1v) is 7.28. The van der Waals surface area contributed by atoms with Crippen LogP contribution in [0.3, 0.4) is 0 Å². The molecule has 1 fully saturated rings. The van der Waals surface area contributed by atoms with Gasteiger partial charge in [0.05, 0.1) is 5.69 Å². The Morgan fingerprint density at radius 3 is 2.62 bits per heavy atom. The van der Waals surface area contributed by atoms with Crippen molar-refractivity contribution in [1.29, 1.82) is 0 Å². The molecule has 3 nitrogen and oxygen atoms in total. The van der Waals surface area contributed by atoms with E-state index < -0.39 is 0 Å². The summed E-state index contributed by atoms with van der Waals surface area (Å²) < 4.78 is 14.0. The molecule has 3 rings (SSSR count). The maximum Gasteiger partial charge on any atom is 0.152 e. The molecule has 0 saturated carbocycles. The lowest BCUT2D eigenvalue weighted by Gasteiger charge is -2.33. The van der Waals surface area contributed by atoms with Crippen LogP contribution in [0.4, 0.5) is 15.9 Å². The average molecular weight is 285 g/mol. The van der Waals surface area contributed by atoms with E-state index in [1.54, 1.807) is 24.4 Å². The number of benzene rings is 1. The van der Waals surface area contributed by atoms with Gasteiger partial charge in [-0.3, -0.25) is 0 Å². The van der Waals surface area contributed by atoms with Crippen molar-refractivity contribution in [2.45, 2.75) is 32.2 Å². The van der Waals surface area contributed by atoms with Gasteiger partial charge >= 0.3 is 0 Å². The van der Waals surface area contributed by atoms with Gasteiger partial charge in [0.2, 0.25) is 0 Å². The number of nitrogens with two attached hydrogens (primary N) is 1. The molecule has 2 aromatic rings. The fourth-order valence-corrected chi connectivity index (χ4v) is 3.09. The van der Waals surface area contributed by atoms with Crippen LogP contribution < -0.4 is 10.6 Å². The highest BCUT2D eigenvalue weighted by Crippen LogP contribution is 2.39. The Morgan fingerprint density at radius 1 is 1.19 bits per heavy atom. The molecule has 0 aliphatic carbocycles. The molecule has 1 aliphatic heterocycles. The Kier molecular flexibility index (Phi) is 3.32. The maximum absolute atomic E-state index is 14.0. The van der Waals surface area contributed by atoms with Crippen LogP contribution in [0.1, 0.15) is 26.7 Å². The van der Waals surface area contributed by atoms with Crippen molar-refractivity contribution in [1.82, 2.24) is 4.98 Å². The van der Waals surface area contributed by atoms with E-state index in [4.69, 9.17) is 5.73 Å². The van der Waals surface area contributed by atoms with Crippen molar-refractivity contribution in [2.75, 3.05) is 17.2 Å². The van der Waals surface area contributed by atoms with Gasteiger partial charge in [-0.05, 0) is 38.8 Å². The Labute approximate surface area is 124 Å². The molecule has 1 aromatic carbocycles. The van der Waals surface area contributed by atoms with Crippen LogP contribution in [0.15, 0.2) is 36.5 Å². The zero-order chi connectivity index (χ0) is 15.0. The number of nitrogen functional groups attached to an aromatic ring is 1. The van der Waals surface area contributed by atoms with Gasteiger partial charge in [0.25, 0.3) is 0 Å². The zero-order valence-electron chi connectivity index (χ0n) is 12.4. The minimum absolute atomic E-state index is 0.0367. The number of hydrogen-bond acceptors (Lipinski definition) is 3. The molecular formula is C17H20FN3. The van der Waals surface area contributed by atoms with E-state index in [1.807, 2.05) is 6.07 Å². The van der Waals surface area contributed by atoms with Crippen molar-refractivity contribution in [3.8, 4) is 11.1 Å². The minimum atomic E-state index is -0.262. The van der Waals surface area contributed by atoms with Crippen LogP contribution in [0, 0.1) is 5.82 Å². The van der Waals surface area contributed by atoms with Crippen LogP contribution in [0.2, 0.25) is 0 Å². The van der Waals surface area contributed by atoms with Gasteiger partial charge in [0.1, 0.15) is 5.82 Å². The molecule has 0 bridgehead atoms. The van der Waals surface area contributed by atoms with Gasteiger partial charge in [-0.25, -0.2) is 9.37 Å². The average Bonchev–Trinajstić information content (AvgIpc) is 2.80. The van der Waals surface area contributed by atoms with Gasteiger partial charge in [-0.2, -0.15) is 0 Å². The number of aromatic nitrogens is 1. The number of anilines is 2. The monoisotopic (exact) mass is 285 g/mol. The van der Waals surface area contributed by atoms with Crippen molar-refractivity contribution in [3.05, 3.63) is 42.3 Å². The fraction of sp³-hybridized carbons (Fsp3) is 0.353. The van der Waals surface area contributed by atoms with Gasteiger partial charge in [0, 0.05) is 29.4 Å². The van der Waals surface area contributed by atoms with Crippen LogP contribution in [0.25, 0.3) is 11.1 Å². The Hall–Kier alpha value is -2.10. The van der Waals surface area contributed by atoms with Gasteiger partial charge in [-0.1, -0.05) is 18.2 Å². The predicted octanol–water partition coefficient (Wildman–Crippen LogP) is 3.85. The summed E-state index contributed by atoms with van der Waals surface area (Å²) in [7, 11) is 0.